The van der Waals surface area contributed by atoms with E-state index in [2.05, 4.69) is 14.9 Å². The van der Waals surface area contributed by atoms with Crippen LogP contribution in [0.3, 0.4) is 0 Å². The summed E-state index contributed by atoms with van der Waals surface area (Å²) in [6, 6.07) is 1.46. The van der Waals surface area contributed by atoms with Gasteiger partial charge in [0.25, 0.3) is 5.56 Å². The zero-order valence-electron chi connectivity index (χ0n) is 15.6. The number of fused-ring (bicyclic) bond motifs is 1. The van der Waals surface area contributed by atoms with E-state index >= 15 is 0 Å². The standard InChI is InChI=1S/C19H26N4O4/c1-12-20-15(6-16(24)21-12)9-22-7-14-8-23(11-19(14,10-22)18(26)27)17(25)13-4-2-3-5-13/h6,13-14H,2-5,7-11H2,1H3,(H,26,27)(H,20,21,24)/t14-,19-/m0/s1. The maximum atomic E-state index is 12.8. The van der Waals surface area contributed by atoms with Crippen molar-refractivity contribution in [2.45, 2.75) is 39.2 Å². The van der Waals surface area contributed by atoms with Crippen LogP contribution in [0.5, 0.6) is 0 Å². The average molecular weight is 374 g/mol. The van der Waals surface area contributed by atoms with Crippen LogP contribution < -0.4 is 5.56 Å². The largest absolute Gasteiger partial charge is 0.481 e. The van der Waals surface area contributed by atoms with Gasteiger partial charge in [0.05, 0.1) is 5.69 Å². The predicted molar refractivity (Wildman–Crippen MR) is 97.0 cm³/mol. The summed E-state index contributed by atoms with van der Waals surface area (Å²) >= 11 is 0. The SMILES string of the molecule is Cc1nc(CN2C[C@H]3CN(C(=O)C4CCCC4)C[C@@]3(C(=O)O)C2)cc(=O)[nH]1. The molecule has 1 saturated carbocycles. The minimum Gasteiger partial charge on any atom is -0.481 e. The third kappa shape index (κ3) is 3.26. The molecule has 27 heavy (non-hydrogen) atoms. The van der Waals surface area contributed by atoms with Crippen LogP contribution in [-0.2, 0) is 16.1 Å². The van der Waals surface area contributed by atoms with E-state index < -0.39 is 11.4 Å². The van der Waals surface area contributed by atoms with Gasteiger partial charge >= 0.3 is 5.97 Å². The monoisotopic (exact) mass is 374 g/mol. The number of aryl methyl sites for hydroxylation is 1. The van der Waals surface area contributed by atoms with Gasteiger partial charge in [0, 0.05) is 50.6 Å². The zero-order chi connectivity index (χ0) is 19.2. The number of carbonyl (C=O) groups excluding carboxylic acids is 1. The lowest BCUT2D eigenvalue weighted by Gasteiger charge is -2.26. The van der Waals surface area contributed by atoms with Crippen molar-refractivity contribution >= 4 is 11.9 Å². The van der Waals surface area contributed by atoms with E-state index in [4.69, 9.17) is 0 Å². The summed E-state index contributed by atoms with van der Waals surface area (Å²) in [5.74, 6) is -0.136. The second-order valence-electron chi connectivity index (χ2n) is 8.35. The molecule has 0 unspecified atom stereocenters. The first-order chi connectivity index (χ1) is 12.9. The normalized spacial score (nSPS) is 28.6. The first-order valence-corrected chi connectivity index (χ1v) is 9.69. The van der Waals surface area contributed by atoms with Crippen LogP contribution in [0, 0.1) is 24.2 Å². The van der Waals surface area contributed by atoms with Crippen LogP contribution in [0.25, 0.3) is 0 Å². The molecule has 146 valence electrons. The van der Waals surface area contributed by atoms with E-state index in [0.29, 0.717) is 44.2 Å². The van der Waals surface area contributed by atoms with Crippen molar-refractivity contribution in [1.82, 2.24) is 19.8 Å². The summed E-state index contributed by atoms with van der Waals surface area (Å²) in [6.45, 7) is 3.98. The first-order valence-electron chi connectivity index (χ1n) is 9.69. The van der Waals surface area contributed by atoms with Crippen molar-refractivity contribution in [3.63, 3.8) is 0 Å². The number of nitrogens with zero attached hydrogens (tertiary/aromatic N) is 3. The zero-order valence-corrected chi connectivity index (χ0v) is 15.6. The van der Waals surface area contributed by atoms with E-state index in [9.17, 15) is 19.5 Å². The van der Waals surface area contributed by atoms with Gasteiger partial charge in [-0.2, -0.15) is 0 Å². The van der Waals surface area contributed by atoms with Crippen LogP contribution in [0.4, 0.5) is 0 Å². The minimum absolute atomic E-state index is 0.0778. The Labute approximate surface area is 157 Å². The highest BCUT2D eigenvalue weighted by Gasteiger charge is 2.58. The number of carbonyl (C=O) groups is 2. The molecule has 2 atom stereocenters. The maximum Gasteiger partial charge on any atom is 0.313 e. The molecule has 4 rings (SSSR count). The Balaban J connectivity index is 1.48. The summed E-state index contributed by atoms with van der Waals surface area (Å²) in [4.78, 5) is 47.4. The molecule has 2 N–H and O–H groups in total. The molecule has 1 aromatic rings. The number of aromatic amines is 1. The second-order valence-corrected chi connectivity index (χ2v) is 8.35. The van der Waals surface area contributed by atoms with Gasteiger partial charge in [-0.3, -0.25) is 19.3 Å². The van der Waals surface area contributed by atoms with Crippen LogP contribution in [-0.4, -0.2) is 62.9 Å². The van der Waals surface area contributed by atoms with Gasteiger partial charge in [0.1, 0.15) is 11.2 Å². The van der Waals surface area contributed by atoms with E-state index in [1.807, 2.05) is 0 Å². The second kappa shape index (κ2) is 6.74. The molecule has 1 aromatic heterocycles. The van der Waals surface area contributed by atoms with Gasteiger partial charge in [-0.25, -0.2) is 4.98 Å². The molecule has 0 bridgehead atoms. The van der Waals surface area contributed by atoms with Crippen molar-refractivity contribution in [1.29, 1.82) is 0 Å². The molecule has 3 heterocycles. The van der Waals surface area contributed by atoms with Crippen molar-refractivity contribution in [3.8, 4) is 0 Å². The van der Waals surface area contributed by atoms with E-state index in [-0.39, 0.29) is 23.3 Å². The van der Waals surface area contributed by atoms with Gasteiger partial charge in [0.15, 0.2) is 0 Å². The Kier molecular flexibility index (Phi) is 4.53. The van der Waals surface area contributed by atoms with Gasteiger partial charge in [-0.05, 0) is 19.8 Å². The average Bonchev–Trinajstić information content (AvgIpc) is 3.27. The van der Waals surface area contributed by atoms with Crippen LogP contribution >= 0.6 is 0 Å². The molecule has 1 aliphatic carbocycles. The summed E-state index contributed by atoms with van der Waals surface area (Å²) in [7, 11) is 0. The summed E-state index contributed by atoms with van der Waals surface area (Å²) < 4.78 is 0. The quantitative estimate of drug-likeness (QED) is 0.800. The number of aliphatic carboxylic acids is 1. The number of aromatic nitrogens is 2. The maximum absolute atomic E-state index is 12.8. The van der Waals surface area contributed by atoms with Crippen molar-refractivity contribution in [2.75, 3.05) is 26.2 Å². The fourth-order valence-electron chi connectivity index (χ4n) is 5.14. The molecule has 3 aliphatic rings. The highest BCUT2D eigenvalue weighted by atomic mass is 16.4. The number of likely N-dealkylation sites (tertiary alicyclic amines) is 2. The highest BCUT2D eigenvalue weighted by molar-refractivity contribution is 5.83. The van der Waals surface area contributed by atoms with Crippen molar-refractivity contribution < 1.29 is 14.7 Å². The van der Waals surface area contributed by atoms with E-state index in [0.717, 1.165) is 25.7 Å². The lowest BCUT2D eigenvalue weighted by atomic mass is 9.81. The Morgan fingerprint density at radius 2 is 2.04 bits per heavy atom. The summed E-state index contributed by atoms with van der Waals surface area (Å²) in [5.41, 5.74) is -0.460. The van der Waals surface area contributed by atoms with Gasteiger partial charge in [-0.15, -0.1) is 0 Å². The molecular formula is C19H26N4O4. The number of carboxylic acids is 1. The number of carboxylic acid groups (broad SMARTS) is 1. The number of nitrogens with one attached hydrogen (secondary N) is 1. The number of H-pyrrole nitrogens is 1. The smallest absolute Gasteiger partial charge is 0.313 e. The Morgan fingerprint density at radius 1 is 1.30 bits per heavy atom. The lowest BCUT2D eigenvalue weighted by molar-refractivity contribution is -0.149. The molecule has 3 fully saturated rings. The fraction of sp³-hybridized carbons (Fsp3) is 0.684. The first kappa shape index (κ1) is 18.2. The predicted octanol–water partition coefficient (Wildman–Crippen LogP) is 0.614. The third-order valence-electron chi connectivity index (χ3n) is 6.42. The van der Waals surface area contributed by atoms with Gasteiger partial charge < -0.3 is 15.0 Å². The lowest BCUT2D eigenvalue weighted by Crippen LogP contribution is -2.43. The fourth-order valence-corrected chi connectivity index (χ4v) is 5.14. The van der Waals surface area contributed by atoms with Crippen molar-refractivity contribution in [3.05, 3.63) is 27.9 Å². The topological polar surface area (TPSA) is 107 Å². The van der Waals surface area contributed by atoms with Crippen LogP contribution in [0.15, 0.2) is 10.9 Å². The molecule has 8 heteroatoms. The minimum atomic E-state index is -0.912. The Bertz CT molecular complexity index is 816. The molecule has 2 saturated heterocycles. The molecule has 0 aromatic carbocycles. The van der Waals surface area contributed by atoms with E-state index in [1.54, 1.807) is 11.8 Å². The Morgan fingerprint density at radius 3 is 2.67 bits per heavy atom. The molecule has 0 spiro atoms. The number of hydrogen-bond donors (Lipinski definition) is 2. The van der Waals surface area contributed by atoms with Gasteiger partial charge in [-0.1, -0.05) is 12.8 Å². The number of rotatable bonds is 4. The Hall–Kier alpha value is -2.22. The molecule has 8 nitrogen and oxygen atoms in total. The molecule has 1 amide bonds. The summed E-state index contributed by atoms with van der Waals surface area (Å²) in [5, 5.41) is 9.98. The third-order valence-corrected chi connectivity index (χ3v) is 6.42. The van der Waals surface area contributed by atoms with Gasteiger partial charge in [0.2, 0.25) is 5.91 Å². The molecule has 2 aliphatic heterocycles. The van der Waals surface area contributed by atoms with Crippen molar-refractivity contribution in [2.24, 2.45) is 17.3 Å². The highest BCUT2D eigenvalue weighted by Crippen LogP contribution is 2.44. The number of hydrogen-bond acceptors (Lipinski definition) is 5. The number of amides is 1. The molecule has 0 radical (unpaired) electrons. The van der Waals surface area contributed by atoms with Crippen LogP contribution in [0.2, 0.25) is 0 Å². The molecular weight excluding hydrogens is 348 g/mol. The van der Waals surface area contributed by atoms with E-state index in [1.165, 1.54) is 6.07 Å². The van der Waals surface area contributed by atoms with Crippen LogP contribution in [0.1, 0.15) is 37.2 Å². The summed E-state index contributed by atoms with van der Waals surface area (Å²) in [6.07, 6.45) is 4.04.